The maximum absolute atomic E-state index is 12.5. The minimum Gasteiger partial charge on any atom is -0.267 e. The lowest BCUT2D eigenvalue weighted by molar-refractivity contribution is 0.815. The third kappa shape index (κ3) is 2.06. The van der Waals surface area contributed by atoms with E-state index in [0.717, 1.165) is 15.6 Å². The van der Waals surface area contributed by atoms with Crippen LogP contribution in [0.25, 0.3) is 16.5 Å². The van der Waals surface area contributed by atoms with Crippen molar-refractivity contribution in [3.8, 4) is 5.69 Å². The number of aryl methyl sites for hydroxylation is 1. The Morgan fingerprint density at radius 1 is 1.16 bits per heavy atom. The zero-order chi connectivity index (χ0) is 13.4. The van der Waals surface area contributed by atoms with Gasteiger partial charge in [0.25, 0.3) is 5.56 Å². The van der Waals surface area contributed by atoms with E-state index in [1.165, 1.54) is 4.68 Å². The molecule has 3 rings (SSSR count). The van der Waals surface area contributed by atoms with Gasteiger partial charge >= 0.3 is 0 Å². The van der Waals surface area contributed by atoms with Crippen LogP contribution in [0.3, 0.4) is 0 Å². The van der Waals surface area contributed by atoms with E-state index < -0.39 is 0 Å². The summed E-state index contributed by atoms with van der Waals surface area (Å²) in [7, 11) is 0. The molecule has 0 fully saturated rings. The second-order valence-electron chi connectivity index (χ2n) is 4.24. The molecule has 0 spiro atoms. The van der Waals surface area contributed by atoms with E-state index in [1.807, 2.05) is 25.1 Å². The number of hydrogen-bond acceptors (Lipinski definition) is 3. The van der Waals surface area contributed by atoms with Gasteiger partial charge in [-0.05, 0) is 40.5 Å². The van der Waals surface area contributed by atoms with Crippen LogP contribution in [0.1, 0.15) is 5.56 Å². The van der Waals surface area contributed by atoms with E-state index >= 15 is 0 Å². The van der Waals surface area contributed by atoms with Gasteiger partial charge in [-0.1, -0.05) is 18.2 Å². The van der Waals surface area contributed by atoms with Crippen molar-refractivity contribution in [1.82, 2.24) is 14.8 Å². The average molecular weight is 316 g/mol. The molecule has 2 heterocycles. The van der Waals surface area contributed by atoms with Crippen LogP contribution < -0.4 is 5.56 Å². The summed E-state index contributed by atoms with van der Waals surface area (Å²) in [5.41, 5.74) is 1.47. The van der Waals surface area contributed by atoms with Crippen molar-refractivity contribution in [3.63, 3.8) is 0 Å². The minimum absolute atomic E-state index is 0.125. The fourth-order valence-corrected chi connectivity index (χ4v) is 2.28. The van der Waals surface area contributed by atoms with Crippen LogP contribution in [-0.2, 0) is 0 Å². The summed E-state index contributed by atoms with van der Waals surface area (Å²) >= 11 is 3.27. The lowest BCUT2D eigenvalue weighted by Crippen LogP contribution is -2.21. The summed E-state index contributed by atoms with van der Waals surface area (Å²) in [5.74, 6) is 0. The van der Waals surface area contributed by atoms with Gasteiger partial charge in [0.05, 0.1) is 23.5 Å². The first-order chi connectivity index (χ1) is 9.16. The molecule has 0 saturated heterocycles. The summed E-state index contributed by atoms with van der Waals surface area (Å²) < 4.78 is 2.09. The smallest absolute Gasteiger partial charge is 0.267 e. The molecule has 0 saturated carbocycles. The van der Waals surface area contributed by atoms with Crippen LogP contribution in [0.2, 0.25) is 0 Å². The first kappa shape index (κ1) is 12.0. The van der Waals surface area contributed by atoms with E-state index in [0.29, 0.717) is 11.1 Å². The number of halogens is 1. The number of hydrogen-bond donors (Lipinski definition) is 0. The van der Waals surface area contributed by atoms with Crippen molar-refractivity contribution in [2.45, 2.75) is 6.92 Å². The molecule has 94 valence electrons. The van der Waals surface area contributed by atoms with Crippen LogP contribution >= 0.6 is 15.9 Å². The van der Waals surface area contributed by atoms with Gasteiger partial charge in [0, 0.05) is 5.39 Å². The highest BCUT2D eigenvalue weighted by atomic mass is 79.9. The Bertz CT molecular complexity index is 809. The summed E-state index contributed by atoms with van der Waals surface area (Å²) in [6.07, 6.45) is 3.31. The molecule has 0 aliphatic heterocycles. The second-order valence-corrected chi connectivity index (χ2v) is 5.05. The van der Waals surface area contributed by atoms with Crippen LogP contribution in [0, 0.1) is 6.92 Å². The molecule has 1 aromatic carbocycles. The van der Waals surface area contributed by atoms with Crippen molar-refractivity contribution in [1.29, 1.82) is 0 Å². The highest BCUT2D eigenvalue weighted by Gasteiger charge is 2.08. The van der Waals surface area contributed by atoms with Gasteiger partial charge in [-0.25, -0.2) is 4.98 Å². The summed E-state index contributed by atoms with van der Waals surface area (Å²) in [4.78, 5) is 16.6. The van der Waals surface area contributed by atoms with Crippen molar-refractivity contribution in [2.24, 2.45) is 0 Å². The van der Waals surface area contributed by atoms with E-state index in [-0.39, 0.29) is 5.56 Å². The third-order valence-corrected chi connectivity index (χ3v) is 3.45. The van der Waals surface area contributed by atoms with E-state index in [4.69, 9.17) is 0 Å². The van der Waals surface area contributed by atoms with Crippen LogP contribution in [0.15, 0.2) is 52.1 Å². The topological polar surface area (TPSA) is 47.8 Å². The van der Waals surface area contributed by atoms with Gasteiger partial charge in [-0.15, -0.1) is 0 Å². The lowest BCUT2D eigenvalue weighted by atomic mass is 10.1. The van der Waals surface area contributed by atoms with Gasteiger partial charge in [0.1, 0.15) is 4.60 Å². The highest BCUT2D eigenvalue weighted by molar-refractivity contribution is 9.10. The zero-order valence-electron chi connectivity index (χ0n) is 10.2. The Labute approximate surface area is 117 Å². The normalized spacial score (nSPS) is 10.8. The number of pyridine rings is 1. The minimum atomic E-state index is -0.125. The van der Waals surface area contributed by atoms with Crippen LogP contribution in [-0.4, -0.2) is 14.8 Å². The standard InChI is InChI=1S/C14H10BrN3O/c1-9-3-2-4-10-7-17-18(14(19)13(9)10)11-5-6-12(15)16-8-11/h2-8H,1H3. The molecule has 3 aromatic rings. The predicted molar refractivity (Wildman–Crippen MR) is 77.6 cm³/mol. The fraction of sp³-hybridized carbons (Fsp3) is 0.0714. The third-order valence-electron chi connectivity index (χ3n) is 2.98. The molecule has 0 aliphatic rings. The van der Waals surface area contributed by atoms with Crippen molar-refractivity contribution in [2.75, 3.05) is 0 Å². The van der Waals surface area contributed by atoms with Crippen molar-refractivity contribution < 1.29 is 0 Å². The van der Waals surface area contributed by atoms with Crippen molar-refractivity contribution in [3.05, 3.63) is 63.2 Å². The summed E-state index contributed by atoms with van der Waals surface area (Å²) in [5, 5.41) is 5.74. The van der Waals surface area contributed by atoms with E-state index in [2.05, 4.69) is 26.0 Å². The molecule has 0 amide bonds. The fourth-order valence-electron chi connectivity index (χ4n) is 2.05. The monoisotopic (exact) mass is 315 g/mol. The molecule has 2 aromatic heterocycles. The SMILES string of the molecule is Cc1cccc2cnn(-c3ccc(Br)nc3)c(=O)c12. The Kier molecular flexibility index (Phi) is 2.91. The molecule has 19 heavy (non-hydrogen) atoms. The van der Waals surface area contributed by atoms with Gasteiger partial charge in [0.2, 0.25) is 0 Å². The molecule has 5 heteroatoms. The lowest BCUT2D eigenvalue weighted by Gasteiger charge is -2.07. The second kappa shape index (κ2) is 4.59. The molecule has 0 atom stereocenters. The Morgan fingerprint density at radius 2 is 2.00 bits per heavy atom. The molecular formula is C14H10BrN3O. The Balaban J connectivity index is 2.32. The van der Waals surface area contributed by atoms with Crippen LogP contribution in [0.5, 0.6) is 0 Å². The molecule has 4 nitrogen and oxygen atoms in total. The van der Waals surface area contributed by atoms with E-state index in [9.17, 15) is 4.79 Å². The van der Waals surface area contributed by atoms with Gasteiger partial charge in [-0.3, -0.25) is 4.79 Å². The molecular weight excluding hydrogens is 306 g/mol. The number of aromatic nitrogens is 3. The zero-order valence-corrected chi connectivity index (χ0v) is 11.8. The van der Waals surface area contributed by atoms with Crippen LogP contribution in [0.4, 0.5) is 0 Å². The maximum atomic E-state index is 12.5. The molecule has 0 unspecified atom stereocenters. The highest BCUT2D eigenvalue weighted by Crippen LogP contribution is 2.14. The molecule has 0 bridgehead atoms. The molecule has 0 aliphatic carbocycles. The number of rotatable bonds is 1. The first-order valence-electron chi connectivity index (χ1n) is 5.76. The molecule has 0 N–H and O–H groups in total. The average Bonchev–Trinajstić information content (AvgIpc) is 2.40. The molecule has 0 radical (unpaired) electrons. The Morgan fingerprint density at radius 3 is 2.74 bits per heavy atom. The summed E-state index contributed by atoms with van der Waals surface area (Å²) in [6.45, 7) is 1.92. The van der Waals surface area contributed by atoms with Gasteiger partial charge in [-0.2, -0.15) is 9.78 Å². The first-order valence-corrected chi connectivity index (χ1v) is 6.56. The quantitative estimate of drug-likeness (QED) is 0.649. The number of fused-ring (bicyclic) bond motifs is 1. The number of benzene rings is 1. The largest absolute Gasteiger partial charge is 0.279 e. The maximum Gasteiger partial charge on any atom is 0.279 e. The van der Waals surface area contributed by atoms with Gasteiger partial charge in [0.15, 0.2) is 0 Å². The van der Waals surface area contributed by atoms with Crippen molar-refractivity contribution >= 4 is 26.7 Å². The van der Waals surface area contributed by atoms with E-state index in [1.54, 1.807) is 24.5 Å². The Hall–Kier alpha value is -2.01. The number of nitrogens with zero attached hydrogens (tertiary/aromatic N) is 3. The van der Waals surface area contributed by atoms with Gasteiger partial charge < -0.3 is 0 Å². The summed E-state index contributed by atoms with van der Waals surface area (Å²) in [6, 6.07) is 9.32. The predicted octanol–water partition coefficient (Wildman–Crippen LogP) is 2.85.